The quantitative estimate of drug-likeness (QED) is 0.292. The van der Waals surface area contributed by atoms with Crippen molar-refractivity contribution in [3.8, 4) is 5.75 Å². The third kappa shape index (κ3) is 5.32. The van der Waals surface area contributed by atoms with Gasteiger partial charge in [0.25, 0.3) is 5.91 Å². The molecule has 0 radical (unpaired) electrons. The maximum absolute atomic E-state index is 12.0. The highest BCUT2D eigenvalue weighted by molar-refractivity contribution is 9.10. The number of esters is 1. The van der Waals surface area contributed by atoms with Crippen molar-refractivity contribution in [1.82, 2.24) is 10.4 Å². The summed E-state index contributed by atoms with van der Waals surface area (Å²) in [6, 6.07) is 17.2. The number of hydrogen-bond acceptors (Lipinski definition) is 5. The van der Waals surface area contributed by atoms with Crippen LogP contribution in [0.1, 0.15) is 26.3 Å². The molecular weight excluding hydrogens is 410 g/mol. The molecule has 0 spiro atoms. The minimum atomic E-state index is -0.424. The van der Waals surface area contributed by atoms with Crippen LogP contribution in [0.2, 0.25) is 0 Å². The molecule has 0 fully saturated rings. The molecule has 0 bridgehead atoms. The van der Waals surface area contributed by atoms with Crippen LogP contribution < -0.4 is 10.2 Å². The standard InChI is InChI=1S/C20H14BrN3O3/c21-17-10-16(12-22-13-17)19(25)24-23-11-14-6-8-18(9-7-14)27-20(26)15-4-2-1-3-5-15/h1-13H,(H,24,25)/b23-11+. The fourth-order valence-corrected chi connectivity index (χ4v) is 2.49. The molecule has 1 N–H and O–H groups in total. The highest BCUT2D eigenvalue weighted by atomic mass is 79.9. The highest BCUT2D eigenvalue weighted by Gasteiger charge is 2.07. The average molecular weight is 424 g/mol. The number of halogens is 1. The van der Waals surface area contributed by atoms with E-state index in [9.17, 15) is 9.59 Å². The van der Waals surface area contributed by atoms with E-state index in [2.05, 4.69) is 31.4 Å². The fourth-order valence-electron chi connectivity index (χ4n) is 2.13. The Balaban J connectivity index is 1.56. The number of nitrogens with zero attached hydrogens (tertiary/aromatic N) is 2. The summed E-state index contributed by atoms with van der Waals surface area (Å²) in [7, 11) is 0. The SMILES string of the molecule is O=C(N/N=C/c1ccc(OC(=O)c2ccccc2)cc1)c1cncc(Br)c1. The van der Waals surface area contributed by atoms with Gasteiger partial charge in [-0.05, 0) is 64.0 Å². The van der Waals surface area contributed by atoms with Gasteiger partial charge in [-0.15, -0.1) is 0 Å². The molecule has 0 saturated carbocycles. The van der Waals surface area contributed by atoms with Crippen LogP contribution in [0.5, 0.6) is 5.75 Å². The monoisotopic (exact) mass is 423 g/mol. The number of carbonyl (C=O) groups is 2. The maximum Gasteiger partial charge on any atom is 0.343 e. The zero-order valence-electron chi connectivity index (χ0n) is 14.0. The molecule has 0 aliphatic heterocycles. The Bertz CT molecular complexity index is 973. The molecule has 1 heterocycles. The maximum atomic E-state index is 12.0. The van der Waals surface area contributed by atoms with Crippen molar-refractivity contribution in [3.63, 3.8) is 0 Å². The third-order valence-corrected chi connectivity index (χ3v) is 3.88. The lowest BCUT2D eigenvalue weighted by atomic mass is 10.2. The van der Waals surface area contributed by atoms with E-state index in [1.165, 1.54) is 12.4 Å². The van der Waals surface area contributed by atoms with E-state index in [1.54, 1.807) is 60.8 Å². The molecule has 0 atom stereocenters. The Hall–Kier alpha value is -3.32. The first-order valence-electron chi connectivity index (χ1n) is 7.93. The van der Waals surface area contributed by atoms with Crippen molar-refractivity contribution in [2.24, 2.45) is 5.10 Å². The lowest BCUT2D eigenvalue weighted by molar-refractivity contribution is 0.0734. The predicted molar refractivity (Wildman–Crippen MR) is 105 cm³/mol. The topological polar surface area (TPSA) is 80.6 Å². The number of carbonyl (C=O) groups excluding carboxylic acids is 2. The normalized spacial score (nSPS) is 10.6. The van der Waals surface area contributed by atoms with Gasteiger partial charge in [-0.25, -0.2) is 10.2 Å². The first kappa shape index (κ1) is 18.5. The Morgan fingerprint density at radius 3 is 2.44 bits per heavy atom. The van der Waals surface area contributed by atoms with Crippen LogP contribution in [0.25, 0.3) is 0 Å². The van der Waals surface area contributed by atoms with E-state index in [0.29, 0.717) is 21.3 Å². The molecule has 1 amide bonds. The summed E-state index contributed by atoms with van der Waals surface area (Å²) >= 11 is 3.26. The second-order valence-electron chi connectivity index (χ2n) is 5.42. The highest BCUT2D eigenvalue weighted by Crippen LogP contribution is 2.14. The van der Waals surface area contributed by atoms with Gasteiger partial charge in [-0.2, -0.15) is 5.10 Å². The second kappa shape index (κ2) is 8.86. The van der Waals surface area contributed by atoms with Gasteiger partial charge < -0.3 is 4.74 Å². The van der Waals surface area contributed by atoms with E-state index >= 15 is 0 Å². The van der Waals surface area contributed by atoms with Crippen LogP contribution in [0.15, 0.2) is 82.6 Å². The van der Waals surface area contributed by atoms with Crippen molar-refractivity contribution < 1.29 is 14.3 Å². The summed E-state index contributed by atoms with van der Waals surface area (Å²) in [6.45, 7) is 0. The van der Waals surface area contributed by atoms with Crippen LogP contribution in [-0.4, -0.2) is 23.1 Å². The molecule has 27 heavy (non-hydrogen) atoms. The number of hydrogen-bond donors (Lipinski definition) is 1. The van der Waals surface area contributed by atoms with Crippen molar-refractivity contribution in [3.05, 3.63) is 94.2 Å². The van der Waals surface area contributed by atoms with Gasteiger partial charge >= 0.3 is 5.97 Å². The van der Waals surface area contributed by atoms with Gasteiger partial charge in [0, 0.05) is 16.9 Å². The predicted octanol–water partition coefficient (Wildman–Crippen LogP) is 3.83. The van der Waals surface area contributed by atoms with Crippen LogP contribution >= 0.6 is 15.9 Å². The number of aromatic nitrogens is 1. The summed E-state index contributed by atoms with van der Waals surface area (Å²) < 4.78 is 6.01. The zero-order chi connectivity index (χ0) is 19.1. The first-order chi connectivity index (χ1) is 13.1. The van der Waals surface area contributed by atoms with Gasteiger partial charge in [0.1, 0.15) is 5.75 Å². The number of benzene rings is 2. The smallest absolute Gasteiger partial charge is 0.343 e. The Morgan fingerprint density at radius 2 is 1.74 bits per heavy atom. The number of nitrogens with one attached hydrogen (secondary N) is 1. The van der Waals surface area contributed by atoms with Crippen molar-refractivity contribution in [2.45, 2.75) is 0 Å². The van der Waals surface area contributed by atoms with E-state index in [-0.39, 0.29) is 5.91 Å². The number of ether oxygens (including phenoxy) is 1. The molecule has 3 aromatic rings. The van der Waals surface area contributed by atoms with Crippen LogP contribution in [0.3, 0.4) is 0 Å². The lowest BCUT2D eigenvalue weighted by Crippen LogP contribution is -2.17. The Morgan fingerprint density at radius 1 is 1.00 bits per heavy atom. The Labute approximate surface area is 164 Å². The molecule has 3 rings (SSSR count). The Kier molecular flexibility index (Phi) is 6.06. The molecule has 2 aromatic carbocycles. The molecule has 1 aromatic heterocycles. The minimum Gasteiger partial charge on any atom is -0.423 e. The molecule has 0 saturated heterocycles. The summed E-state index contributed by atoms with van der Waals surface area (Å²) in [5, 5.41) is 3.91. The lowest BCUT2D eigenvalue weighted by Gasteiger charge is -2.04. The molecule has 0 unspecified atom stereocenters. The van der Waals surface area contributed by atoms with Crippen molar-refractivity contribution in [2.75, 3.05) is 0 Å². The van der Waals surface area contributed by atoms with Crippen molar-refractivity contribution in [1.29, 1.82) is 0 Å². The van der Waals surface area contributed by atoms with E-state index in [4.69, 9.17) is 4.74 Å². The van der Waals surface area contributed by atoms with Crippen LogP contribution in [0.4, 0.5) is 0 Å². The molecule has 0 aliphatic carbocycles. The summed E-state index contributed by atoms with van der Waals surface area (Å²) in [4.78, 5) is 27.9. The number of rotatable bonds is 5. The zero-order valence-corrected chi connectivity index (χ0v) is 15.6. The molecule has 0 aliphatic rings. The van der Waals surface area contributed by atoms with Gasteiger partial charge in [-0.3, -0.25) is 9.78 Å². The summed E-state index contributed by atoms with van der Waals surface area (Å²) in [5.74, 6) is -0.370. The third-order valence-electron chi connectivity index (χ3n) is 3.45. The van der Waals surface area contributed by atoms with Gasteiger partial charge in [0.2, 0.25) is 0 Å². The second-order valence-corrected chi connectivity index (χ2v) is 6.33. The van der Waals surface area contributed by atoms with Crippen molar-refractivity contribution >= 4 is 34.0 Å². The molecule has 134 valence electrons. The minimum absolute atomic E-state index is 0.367. The van der Waals surface area contributed by atoms with Gasteiger partial charge in [0.05, 0.1) is 17.3 Å². The number of hydrazone groups is 1. The van der Waals surface area contributed by atoms with Crippen LogP contribution in [0, 0.1) is 0 Å². The largest absolute Gasteiger partial charge is 0.423 e. The summed E-state index contributed by atoms with van der Waals surface area (Å²) in [6.07, 6.45) is 4.53. The van der Waals surface area contributed by atoms with Crippen LogP contribution in [-0.2, 0) is 0 Å². The summed E-state index contributed by atoms with van der Waals surface area (Å²) in [5.41, 5.74) is 4.04. The van der Waals surface area contributed by atoms with Gasteiger partial charge in [-0.1, -0.05) is 18.2 Å². The molecular formula is C20H14BrN3O3. The van der Waals surface area contributed by atoms with E-state index in [0.717, 1.165) is 5.56 Å². The molecule has 7 heteroatoms. The van der Waals surface area contributed by atoms with E-state index < -0.39 is 5.97 Å². The van der Waals surface area contributed by atoms with E-state index in [1.807, 2.05) is 6.07 Å². The number of amides is 1. The molecule has 6 nitrogen and oxygen atoms in total. The first-order valence-corrected chi connectivity index (χ1v) is 8.72. The number of pyridine rings is 1. The average Bonchev–Trinajstić information content (AvgIpc) is 2.70. The van der Waals surface area contributed by atoms with Gasteiger partial charge in [0.15, 0.2) is 0 Å². The fraction of sp³-hybridized carbons (Fsp3) is 0.